The number of tetrazole rings is 1. The standard InChI is InChI=1S/C28H29FN6O2/c1-4-25(27-31-32-33-35(27)17-24-6-5-11-37-24)34(15-20-7-9-23(29)10-8-20)16-22-14-21-13-18(2)12-19(3)26(21)30-28(22)36/h5-14,25H,4,15-17H2,1-3H3,(H,30,36)/t25-/m1/s1. The van der Waals surface area contributed by atoms with Crippen LogP contribution in [0.5, 0.6) is 0 Å². The molecule has 0 spiro atoms. The van der Waals surface area contributed by atoms with E-state index in [-0.39, 0.29) is 17.4 Å². The number of hydrogen-bond acceptors (Lipinski definition) is 6. The average molecular weight is 501 g/mol. The zero-order valence-electron chi connectivity index (χ0n) is 21.1. The molecular formula is C28H29FN6O2. The third kappa shape index (κ3) is 5.36. The molecule has 0 saturated carbocycles. The maximum atomic E-state index is 13.6. The van der Waals surface area contributed by atoms with Crippen molar-refractivity contribution in [3.05, 3.63) is 111 Å². The van der Waals surface area contributed by atoms with E-state index in [2.05, 4.69) is 44.5 Å². The number of halogens is 1. The lowest BCUT2D eigenvalue weighted by molar-refractivity contribution is 0.161. The lowest BCUT2D eigenvalue weighted by atomic mass is 10.0. The van der Waals surface area contributed by atoms with Crippen LogP contribution >= 0.6 is 0 Å². The first-order chi connectivity index (χ1) is 17.9. The number of aryl methyl sites for hydroxylation is 2. The molecule has 0 aliphatic rings. The Morgan fingerprint density at radius 3 is 2.65 bits per heavy atom. The Labute approximate surface area is 213 Å². The molecule has 5 rings (SSSR count). The van der Waals surface area contributed by atoms with Gasteiger partial charge in [-0.05, 0) is 83.6 Å². The van der Waals surface area contributed by atoms with Gasteiger partial charge in [0.2, 0.25) is 0 Å². The van der Waals surface area contributed by atoms with Crippen LogP contribution in [0.25, 0.3) is 10.9 Å². The summed E-state index contributed by atoms with van der Waals surface area (Å²) in [4.78, 5) is 18.4. The van der Waals surface area contributed by atoms with E-state index < -0.39 is 0 Å². The van der Waals surface area contributed by atoms with Gasteiger partial charge in [-0.1, -0.05) is 30.7 Å². The van der Waals surface area contributed by atoms with Crippen LogP contribution in [0.3, 0.4) is 0 Å². The largest absolute Gasteiger partial charge is 0.467 e. The summed E-state index contributed by atoms with van der Waals surface area (Å²) < 4.78 is 20.8. The van der Waals surface area contributed by atoms with E-state index in [1.165, 1.54) is 12.1 Å². The Morgan fingerprint density at radius 1 is 1.11 bits per heavy atom. The molecule has 0 fully saturated rings. The average Bonchev–Trinajstić information content (AvgIpc) is 3.55. The highest BCUT2D eigenvalue weighted by Gasteiger charge is 2.26. The van der Waals surface area contributed by atoms with Gasteiger partial charge in [-0.3, -0.25) is 9.69 Å². The van der Waals surface area contributed by atoms with Gasteiger partial charge in [-0.25, -0.2) is 9.07 Å². The smallest absolute Gasteiger partial charge is 0.252 e. The van der Waals surface area contributed by atoms with E-state index >= 15 is 0 Å². The fourth-order valence-electron chi connectivity index (χ4n) is 4.89. The van der Waals surface area contributed by atoms with Crippen molar-refractivity contribution in [1.29, 1.82) is 0 Å². The number of H-pyrrole nitrogens is 1. The molecule has 3 heterocycles. The van der Waals surface area contributed by atoms with Gasteiger partial charge in [-0.2, -0.15) is 0 Å². The van der Waals surface area contributed by atoms with E-state index in [1.54, 1.807) is 23.1 Å². The van der Waals surface area contributed by atoms with E-state index in [1.807, 2.05) is 32.0 Å². The summed E-state index contributed by atoms with van der Waals surface area (Å²) >= 11 is 0. The molecule has 1 atom stereocenters. The second kappa shape index (κ2) is 10.5. The molecule has 9 heteroatoms. The van der Waals surface area contributed by atoms with E-state index in [0.29, 0.717) is 37.4 Å². The zero-order valence-corrected chi connectivity index (χ0v) is 21.1. The summed E-state index contributed by atoms with van der Waals surface area (Å²) in [5.74, 6) is 1.12. The molecule has 8 nitrogen and oxygen atoms in total. The fourth-order valence-corrected chi connectivity index (χ4v) is 4.89. The van der Waals surface area contributed by atoms with E-state index in [4.69, 9.17) is 4.42 Å². The van der Waals surface area contributed by atoms with Gasteiger partial charge in [0, 0.05) is 18.7 Å². The van der Waals surface area contributed by atoms with Crippen LogP contribution in [0, 0.1) is 19.7 Å². The van der Waals surface area contributed by atoms with Crippen molar-refractivity contribution < 1.29 is 8.81 Å². The highest BCUT2D eigenvalue weighted by atomic mass is 19.1. The number of aromatic nitrogens is 5. The molecular weight excluding hydrogens is 471 g/mol. The first kappa shape index (κ1) is 24.6. The van der Waals surface area contributed by atoms with Crippen molar-refractivity contribution >= 4 is 10.9 Å². The Hall–Kier alpha value is -4.11. The van der Waals surface area contributed by atoms with Crippen molar-refractivity contribution in [1.82, 2.24) is 30.1 Å². The molecule has 2 aromatic carbocycles. The quantitative estimate of drug-likeness (QED) is 0.304. The van der Waals surface area contributed by atoms with Crippen molar-refractivity contribution in [2.75, 3.05) is 0 Å². The number of benzene rings is 2. The van der Waals surface area contributed by atoms with Crippen LogP contribution in [0.4, 0.5) is 4.39 Å². The van der Waals surface area contributed by atoms with E-state index in [9.17, 15) is 9.18 Å². The van der Waals surface area contributed by atoms with Crippen LogP contribution in [0.1, 0.15) is 53.2 Å². The number of hydrogen-bond donors (Lipinski definition) is 1. The fraction of sp³-hybridized carbons (Fsp3) is 0.286. The van der Waals surface area contributed by atoms with Gasteiger partial charge in [0.15, 0.2) is 5.82 Å². The third-order valence-electron chi connectivity index (χ3n) is 6.61. The summed E-state index contributed by atoms with van der Waals surface area (Å²) in [6, 6.07) is 16.0. The first-order valence-corrected chi connectivity index (χ1v) is 12.3. The van der Waals surface area contributed by atoms with Gasteiger partial charge in [-0.15, -0.1) is 5.10 Å². The zero-order chi connectivity index (χ0) is 25.9. The SMILES string of the molecule is CC[C@H](c1nnnn1Cc1ccco1)N(Cc1ccc(F)cc1)Cc1cc2cc(C)cc(C)c2[nH]c1=O. The second-order valence-corrected chi connectivity index (χ2v) is 9.40. The molecule has 37 heavy (non-hydrogen) atoms. The minimum absolute atomic E-state index is 0.131. The highest BCUT2D eigenvalue weighted by molar-refractivity contribution is 5.82. The van der Waals surface area contributed by atoms with Gasteiger partial charge < -0.3 is 9.40 Å². The molecule has 3 aromatic heterocycles. The van der Waals surface area contributed by atoms with Crippen molar-refractivity contribution in [3.63, 3.8) is 0 Å². The molecule has 0 radical (unpaired) electrons. The van der Waals surface area contributed by atoms with Gasteiger partial charge in [0.1, 0.15) is 18.1 Å². The minimum atomic E-state index is -0.290. The monoisotopic (exact) mass is 500 g/mol. The number of nitrogens with one attached hydrogen (secondary N) is 1. The number of furan rings is 1. The summed E-state index contributed by atoms with van der Waals surface area (Å²) in [6.07, 6.45) is 2.32. The molecule has 5 aromatic rings. The van der Waals surface area contributed by atoms with Gasteiger partial charge in [0.25, 0.3) is 5.56 Å². The van der Waals surface area contributed by atoms with Gasteiger partial charge in [0.05, 0.1) is 17.8 Å². The number of nitrogens with zero attached hydrogens (tertiary/aromatic N) is 5. The predicted molar refractivity (Wildman–Crippen MR) is 138 cm³/mol. The molecule has 0 saturated heterocycles. The second-order valence-electron chi connectivity index (χ2n) is 9.40. The molecule has 0 amide bonds. The van der Waals surface area contributed by atoms with Crippen molar-refractivity contribution in [2.24, 2.45) is 0 Å². The maximum Gasteiger partial charge on any atom is 0.252 e. The lowest BCUT2D eigenvalue weighted by Crippen LogP contribution is -2.32. The summed E-state index contributed by atoms with van der Waals surface area (Å²) in [5.41, 5.74) is 4.45. The maximum absolute atomic E-state index is 13.6. The number of aromatic amines is 1. The molecule has 0 aliphatic heterocycles. The normalized spacial score (nSPS) is 12.5. The number of rotatable bonds is 9. The van der Waals surface area contributed by atoms with Crippen LogP contribution in [0.2, 0.25) is 0 Å². The molecule has 0 aliphatic carbocycles. The van der Waals surface area contributed by atoms with Crippen LogP contribution in [0.15, 0.2) is 70.1 Å². The van der Waals surface area contributed by atoms with Crippen molar-refractivity contribution in [2.45, 2.75) is 52.9 Å². The number of pyridine rings is 1. The summed E-state index contributed by atoms with van der Waals surface area (Å²) in [6.45, 7) is 7.34. The molecule has 0 bridgehead atoms. The minimum Gasteiger partial charge on any atom is -0.467 e. The van der Waals surface area contributed by atoms with Crippen LogP contribution in [-0.2, 0) is 19.6 Å². The predicted octanol–water partition coefficient (Wildman–Crippen LogP) is 5.07. The Balaban J connectivity index is 1.54. The Kier molecular flexibility index (Phi) is 6.96. The third-order valence-corrected chi connectivity index (χ3v) is 6.61. The Morgan fingerprint density at radius 2 is 1.92 bits per heavy atom. The topological polar surface area (TPSA) is 92.8 Å². The van der Waals surface area contributed by atoms with E-state index in [0.717, 1.165) is 33.4 Å². The van der Waals surface area contributed by atoms with Crippen LogP contribution < -0.4 is 5.56 Å². The summed E-state index contributed by atoms with van der Waals surface area (Å²) in [5, 5.41) is 13.5. The first-order valence-electron chi connectivity index (χ1n) is 12.3. The number of fused-ring (bicyclic) bond motifs is 1. The molecule has 0 unspecified atom stereocenters. The highest BCUT2D eigenvalue weighted by Crippen LogP contribution is 2.27. The van der Waals surface area contributed by atoms with Gasteiger partial charge >= 0.3 is 0 Å². The lowest BCUT2D eigenvalue weighted by Gasteiger charge is -2.30. The molecule has 1 N–H and O–H groups in total. The molecule has 190 valence electrons. The summed E-state index contributed by atoms with van der Waals surface area (Å²) in [7, 11) is 0. The van der Waals surface area contributed by atoms with Crippen molar-refractivity contribution in [3.8, 4) is 0 Å². The van der Waals surface area contributed by atoms with Crippen LogP contribution in [-0.4, -0.2) is 30.1 Å². The Bertz CT molecular complexity index is 1560.